The van der Waals surface area contributed by atoms with Crippen molar-refractivity contribution in [3.8, 4) is 0 Å². The first-order valence-electron chi connectivity index (χ1n) is 5.69. The van der Waals surface area contributed by atoms with Crippen LogP contribution < -0.4 is 10.6 Å². The third-order valence-corrected chi connectivity index (χ3v) is 2.65. The second kappa shape index (κ2) is 4.79. The normalized spacial score (nSPS) is 11.6. The molecule has 0 aliphatic carbocycles. The highest BCUT2D eigenvalue weighted by molar-refractivity contribution is 5.98. The van der Waals surface area contributed by atoms with Crippen LogP contribution in [0.25, 0.3) is 0 Å². The molecule has 3 N–H and O–H groups in total. The Labute approximate surface area is 108 Å². The van der Waals surface area contributed by atoms with E-state index < -0.39 is 0 Å². The van der Waals surface area contributed by atoms with Gasteiger partial charge in [-0.1, -0.05) is 5.21 Å². The number of benzene rings is 1. The summed E-state index contributed by atoms with van der Waals surface area (Å²) >= 11 is 0. The number of carbonyl (C=O) groups is 1. The molecule has 1 aliphatic rings. The minimum Gasteiger partial charge on any atom is -0.352 e. The van der Waals surface area contributed by atoms with Crippen LogP contribution >= 0.6 is 0 Å². The third kappa shape index (κ3) is 2.38. The molecule has 3 rings (SSSR count). The highest BCUT2D eigenvalue weighted by atomic mass is 16.1. The zero-order valence-electron chi connectivity index (χ0n) is 9.84. The van der Waals surface area contributed by atoms with Gasteiger partial charge in [-0.2, -0.15) is 10.5 Å². The summed E-state index contributed by atoms with van der Waals surface area (Å²) in [6.07, 6.45) is 3.16. The van der Waals surface area contributed by atoms with Gasteiger partial charge in [-0.05, 0) is 11.1 Å². The number of H-pyrrole nitrogens is 1. The summed E-state index contributed by atoms with van der Waals surface area (Å²) in [7, 11) is 0. The van der Waals surface area contributed by atoms with Crippen LogP contribution in [-0.2, 0) is 6.42 Å². The molecule has 0 fully saturated rings. The van der Waals surface area contributed by atoms with Crippen LogP contribution in [0.15, 0.2) is 23.2 Å². The van der Waals surface area contributed by atoms with E-state index in [1.807, 2.05) is 0 Å². The van der Waals surface area contributed by atoms with Crippen LogP contribution in [0.5, 0.6) is 0 Å². The number of nitrogens with one attached hydrogen (secondary N) is 3. The van der Waals surface area contributed by atoms with Gasteiger partial charge in [0.2, 0.25) is 11.4 Å². The van der Waals surface area contributed by atoms with Crippen LogP contribution in [0.2, 0.25) is 0 Å². The molecule has 94 valence electrons. The van der Waals surface area contributed by atoms with Gasteiger partial charge in [-0.25, -0.2) is 0 Å². The van der Waals surface area contributed by atoms with Crippen molar-refractivity contribution in [2.75, 3.05) is 11.9 Å². The van der Waals surface area contributed by atoms with E-state index in [2.05, 4.69) is 42.6 Å². The van der Waals surface area contributed by atoms with E-state index >= 15 is 0 Å². The molecule has 0 spiro atoms. The lowest BCUT2D eigenvalue weighted by Gasteiger charge is -2.02. The van der Waals surface area contributed by atoms with Gasteiger partial charge in [0.25, 0.3) is 12.2 Å². The van der Waals surface area contributed by atoms with E-state index in [-0.39, 0.29) is 5.91 Å². The van der Waals surface area contributed by atoms with Crippen LogP contribution in [0.4, 0.5) is 11.4 Å². The molecule has 19 heavy (non-hydrogen) atoms. The summed E-state index contributed by atoms with van der Waals surface area (Å²) in [5, 5.41) is 19.0. The van der Waals surface area contributed by atoms with Crippen molar-refractivity contribution in [2.45, 2.75) is 6.42 Å². The lowest BCUT2D eigenvalue weighted by Crippen LogP contribution is -2.25. The maximum Gasteiger partial charge on any atom is 0.254 e. The first-order valence-corrected chi connectivity index (χ1v) is 5.69. The molecule has 8 heteroatoms. The third-order valence-electron chi connectivity index (χ3n) is 2.65. The number of nitrogens with zero attached hydrogens (tertiary/aromatic N) is 4. The molecule has 1 amide bonds. The molecule has 1 aromatic heterocycles. The number of carbonyl (C=O) groups excluding carboxylic acids is 1. The standard InChI is InChI=1S/C11H9N7O/c19-11(12-4-3-10-15-17-18-16-10)7-1-2-8-9(5-7)14-6-13-8/h1-2,5H,3-4H2,(H2-,12,13,14,15,16,17,18,19)/p+1. The Morgan fingerprint density at radius 1 is 1.42 bits per heavy atom. The largest absolute Gasteiger partial charge is 0.352 e. The number of aromatic nitrogens is 4. The molecule has 0 saturated carbocycles. The Balaban J connectivity index is 1.59. The highest BCUT2D eigenvalue weighted by Crippen LogP contribution is 2.28. The molecule has 2 heterocycles. The van der Waals surface area contributed by atoms with Gasteiger partial charge in [0, 0.05) is 25.1 Å². The predicted molar refractivity (Wildman–Crippen MR) is 67.4 cm³/mol. The molecule has 1 aliphatic heterocycles. The van der Waals surface area contributed by atoms with E-state index in [9.17, 15) is 4.79 Å². The number of amides is 1. The smallest absolute Gasteiger partial charge is 0.254 e. The lowest BCUT2D eigenvalue weighted by atomic mass is 10.1. The van der Waals surface area contributed by atoms with E-state index in [4.69, 9.17) is 0 Å². The van der Waals surface area contributed by atoms with Gasteiger partial charge in [0.1, 0.15) is 0 Å². The van der Waals surface area contributed by atoms with Crippen LogP contribution in [-0.4, -0.2) is 39.4 Å². The second-order valence-electron chi connectivity index (χ2n) is 3.91. The molecule has 0 radical (unpaired) electrons. The van der Waals surface area contributed by atoms with Gasteiger partial charge in [0.05, 0.1) is 5.56 Å². The second-order valence-corrected chi connectivity index (χ2v) is 3.91. The number of tetrazole rings is 1. The summed E-state index contributed by atoms with van der Waals surface area (Å²) in [5.74, 6) is 0.408. The summed E-state index contributed by atoms with van der Waals surface area (Å²) < 4.78 is 0. The number of aliphatic imine (C=N–C) groups is 1. The fourth-order valence-electron chi connectivity index (χ4n) is 1.70. The molecule has 0 unspecified atom stereocenters. The summed E-state index contributed by atoms with van der Waals surface area (Å²) in [4.78, 5) is 15.9. The maximum absolute atomic E-state index is 11.9. The zero-order chi connectivity index (χ0) is 13.1. The molecule has 0 saturated heterocycles. The van der Waals surface area contributed by atoms with Crippen LogP contribution in [0, 0.1) is 0 Å². The van der Waals surface area contributed by atoms with Crippen molar-refractivity contribution >= 4 is 23.6 Å². The van der Waals surface area contributed by atoms with Crippen molar-refractivity contribution in [1.29, 1.82) is 0 Å². The number of fused-ring (bicyclic) bond motifs is 1. The Morgan fingerprint density at radius 2 is 2.37 bits per heavy atom. The van der Waals surface area contributed by atoms with E-state index in [1.165, 1.54) is 0 Å². The average molecular weight is 256 g/mol. The molecule has 0 bridgehead atoms. The number of hydrogen-bond donors (Lipinski definition) is 3. The molecular weight excluding hydrogens is 246 g/mol. The minimum atomic E-state index is -0.159. The zero-order valence-corrected chi connectivity index (χ0v) is 9.84. The summed E-state index contributed by atoms with van der Waals surface area (Å²) in [6, 6.07) is 5.25. The monoisotopic (exact) mass is 256 g/mol. The van der Waals surface area contributed by atoms with Gasteiger partial charge in [-0.3, -0.25) is 4.79 Å². The van der Waals surface area contributed by atoms with Crippen molar-refractivity contribution in [2.24, 2.45) is 4.99 Å². The van der Waals surface area contributed by atoms with E-state index in [0.717, 1.165) is 5.69 Å². The number of hydrogen-bond acceptors (Lipinski definition) is 6. The summed E-state index contributed by atoms with van der Waals surface area (Å²) in [6.45, 7) is 0.448. The Bertz CT molecular complexity index is 620. The molecule has 1 aromatic carbocycles. The quantitative estimate of drug-likeness (QED) is 0.674. The van der Waals surface area contributed by atoms with Gasteiger partial charge in [0.15, 0.2) is 5.82 Å². The minimum absolute atomic E-state index is 0.159. The first kappa shape index (κ1) is 11.2. The first-order chi connectivity index (χ1) is 9.33. The van der Waals surface area contributed by atoms with Crippen LogP contribution in [0.3, 0.4) is 0 Å². The molecule has 8 nitrogen and oxygen atoms in total. The predicted octanol–water partition coefficient (Wildman–Crippen LogP) is 0.134. The number of aromatic amines is 1. The van der Waals surface area contributed by atoms with Crippen LogP contribution in [0.1, 0.15) is 16.2 Å². The average Bonchev–Trinajstić information content (AvgIpc) is 3.08. The van der Waals surface area contributed by atoms with Crippen molar-refractivity contribution in [3.05, 3.63) is 29.6 Å². The Hall–Kier alpha value is -2.86. The van der Waals surface area contributed by atoms with Crippen molar-refractivity contribution in [3.63, 3.8) is 0 Å². The molecule has 0 atom stereocenters. The van der Waals surface area contributed by atoms with E-state index in [1.54, 1.807) is 18.2 Å². The number of rotatable bonds is 4. The highest BCUT2D eigenvalue weighted by Gasteiger charge is 2.20. The molecule has 2 aromatic rings. The van der Waals surface area contributed by atoms with Crippen molar-refractivity contribution < 1.29 is 4.79 Å². The SMILES string of the molecule is O=C(NCCc1nn[nH]n1)c1ccc2c(c1)N=[C+]N2. The van der Waals surface area contributed by atoms with Gasteiger partial charge >= 0.3 is 0 Å². The van der Waals surface area contributed by atoms with Crippen molar-refractivity contribution in [1.82, 2.24) is 25.9 Å². The fraction of sp³-hybridized carbons (Fsp3) is 0.182. The summed E-state index contributed by atoms with van der Waals surface area (Å²) in [5.41, 5.74) is 2.12. The Morgan fingerprint density at radius 3 is 3.21 bits per heavy atom. The van der Waals surface area contributed by atoms with Gasteiger partial charge in [-0.15, -0.1) is 10.2 Å². The van der Waals surface area contributed by atoms with Gasteiger partial charge < -0.3 is 5.32 Å². The topological polar surface area (TPSA) is 108 Å². The fourth-order valence-corrected chi connectivity index (χ4v) is 1.70. The lowest BCUT2D eigenvalue weighted by molar-refractivity contribution is 0.0954. The maximum atomic E-state index is 11.9. The molecular formula is C11H10N7O+. The number of anilines is 1. The Kier molecular flexibility index (Phi) is 2.83. The van der Waals surface area contributed by atoms with E-state index in [0.29, 0.717) is 30.0 Å².